The third kappa shape index (κ3) is 4.72. The molecule has 112 valence electrons. The summed E-state index contributed by atoms with van der Waals surface area (Å²) in [6.07, 6.45) is 5.09. The second kappa shape index (κ2) is 8.00. The van der Waals surface area contributed by atoms with Gasteiger partial charge in [0.25, 0.3) is 0 Å². The van der Waals surface area contributed by atoms with E-state index in [2.05, 4.69) is 22.2 Å². The Morgan fingerprint density at radius 2 is 2.24 bits per heavy atom. The van der Waals surface area contributed by atoms with Gasteiger partial charge in [-0.15, -0.1) is 0 Å². The van der Waals surface area contributed by atoms with Crippen LogP contribution in [-0.2, 0) is 11.4 Å². The molecule has 21 heavy (non-hydrogen) atoms. The van der Waals surface area contributed by atoms with Crippen LogP contribution in [0.5, 0.6) is 0 Å². The summed E-state index contributed by atoms with van der Waals surface area (Å²) < 4.78 is 1.66. The minimum atomic E-state index is 0.424. The molecule has 0 unspecified atom stereocenters. The third-order valence-corrected chi connectivity index (χ3v) is 3.33. The fourth-order valence-electron chi connectivity index (χ4n) is 1.69. The topological polar surface area (TPSA) is 52.3 Å². The summed E-state index contributed by atoms with van der Waals surface area (Å²) in [5, 5.41) is 9.38. The van der Waals surface area contributed by atoms with Crippen LogP contribution in [-0.4, -0.2) is 27.1 Å². The highest BCUT2D eigenvalue weighted by Gasteiger charge is 2.11. The molecule has 0 radical (unpaired) electrons. The lowest BCUT2D eigenvalue weighted by molar-refractivity contribution is 0.140. The molecule has 0 bridgehead atoms. The SMILES string of the molecule is CCCCO/N=C(/Cn1cncn1)c1ccc(Cl)cc1Cl. The van der Waals surface area contributed by atoms with Gasteiger partial charge in [0, 0.05) is 10.6 Å². The van der Waals surface area contributed by atoms with Crippen molar-refractivity contribution in [3.05, 3.63) is 46.5 Å². The maximum atomic E-state index is 6.24. The normalized spacial score (nSPS) is 11.7. The monoisotopic (exact) mass is 326 g/mol. The van der Waals surface area contributed by atoms with E-state index in [4.69, 9.17) is 28.0 Å². The van der Waals surface area contributed by atoms with Gasteiger partial charge in [0.2, 0.25) is 0 Å². The molecule has 5 nitrogen and oxygen atoms in total. The van der Waals surface area contributed by atoms with Crippen LogP contribution >= 0.6 is 23.2 Å². The van der Waals surface area contributed by atoms with Gasteiger partial charge < -0.3 is 4.84 Å². The van der Waals surface area contributed by atoms with Gasteiger partial charge in [0.05, 0.1) is 11.6 Å². The van der Waals surface area contributed by atoms with Crippen LogP contribution in [0.4, 0.5) is 0 Å². The van der Waals surface area contributed by atoms with Crippen molar-refractivity contribution in [3.8, 4) is 0 Å². The molecule has 0 fully saturated rings. The van der Waals surface area contributed by atoms with Crippen molar-refractivity contribution in [3.63, 3.8) is 0 Å². The van der Waals surface area contributed by atoms with Crippen molar-refractivity contribution in [1.82, 2.24) is 14.8 Å². The molecule has 0 aliphatic rings. The molecule has 2 rings (SSSR count). The first-order valence-corrected chi connectivity index (χ1v) is 7.43. The Hall–Kier alpha value is -1.59. The van der Waals surface area contributed by atoms with Gasteiger partial charge in [-0.05, 0) is 24.6 Å². The molecule has 1 heterocycles. The Morgan fingerprint density at radius 3 is 2.90 bits per heavy atom. The molecule has 2 aromatic rings. The Kier molecular flexibility index (Phi) is 6.02. The van der Waals surface area contributed by atoms with E-state index >= 15 is 0 Å². The summed E-state index contributed by atoms with van der Waals surface area (Å²) in [5.74, 6) is 0. The van der Waals surface area contributed by atoms with Crippen LogP contribution in [0, 0.1) is 0 Å². The molecule has 0 aliphatic carbocycles. The van der Waals surface area contributed by atoms with Crippen LogP contribution in [0.25, 0.3) is 0 Å². The Bertz CT molecular complexity index is 599. The predicted molar refractivity (Wildman–Crippen MR) is 83.9 cm³/mol. The van der Waals surface area contributed by atoms with Gasteiger partial charge >= 0.3 is 0 Å². The van der Waals surface area contributed by atoms with E-state index < -0.39 is 0 Å². The maximum absolute atomic E-state index is 6.24. The third-order valence-electron chi connectivity index (χ3n) is 2.78. The highest BCUT2D eigenvalue weighted by molar-refractivity contribution is 6.37. The summed E-state index contributed by atoms with van der Waals surface area (Å²) >= 11 is 12.2. The molecule has 7 heteroatoms. The van der Waals surface area contributed by atoms with Crippen molar-refractivity contribution in [2.45, 2.75) is 26.3 Å². The first kappa shape index (κ1) is 15.8. The first-order valence-electron chi connectivity index (χ1n) is 6.67. The number of hydrogen-bond acceptors (Lipinski definition) is 4. The molecule has 1 aromatic carbocycles. The van der Waals surface area contributed by atoms with Gasteiger partial charge in [-0.1, -0.05) is 41.7 Å². The molecule has 1 aromatic heterocycles. The fourth-order valence-corrected chi connectivity index (χ4v) is 2.20. The number of nitrogens with zero attached hydrogens (tertiary/aromatic N) is 4. The lowest BCUT2D eigenvalue weighted by Gasteiger charge is -2.09. The molecule has 0 saturated carbocycles. The van der Waals surface area contributed by atoms with Gasteiger partial charge in [0.15, 0.2) is 0 Å². The highest BCUT2D eigenvalue weighted by Crippen LogP contribution is 2.22. The van der Waals surface area contributed by atoms with Crippen LogP contribution in [0.1, 0.15) is 25.3 Å². The summed E-state index contributed by atoms with van der Waals surface area (Å²) in [5.41, 5.74) is 1.45. The second-order valence-corrected chi connectivity index (χ2v) is 5.29. The molecule has 0 N–H and O–H groups in total. The average molecular weight is 327 g/mol. The van der Waals surface area contributed by atoms with E-state index in [9.17, 15) is 0 Å². The minimum Gasteiger partial charge on any atom is -0.396 e. The summed E-state index contributed by atoms with van der Waals surface area (Å²) in [7, 11) is 0. The molecular weight excluding hydrogens is 311 g/mol. The minimum absolute atomic E-state index is 0.424. The molecular formula is C14H16Cl2N4O. The summed E-state index contributed by atoms with van der Waals surface area (Å²) in [6.45, 7) is 3.09. The second-order valence-electron chi connectivity index (χ2n) is 4.44. The van der Waals surface area contributed by atoms with E-state index in [1.165, 1.54) is 6.33 Å². The molecule has 0 aliphatic heterocycles. The standard InChI is InChI=1S/C14H16Cl2N4O/c1-2-3-6-21-19-14(8-20-10-17-9-18-20)12-5-4-11(15)7-13(12)16/h4-5,7,9-10H,2-3,6,8H2,1H3/b19-14-. The number of hydrogen-bond donors (Lipinski definition) is 0. The van der Waals surface area contributed by atoms with Gasteiger partial charge in [-0.3, -0.25) is 0 Å². The van der Waals surface area contributed by atoms with Crippen molar-refractivity contribution >= 4 is 28.9 Å². The molecule has 0 atom stereocenters. The number of aromatic nitrogens is 3. The van der Waals surface area contributed by atoms with Crippen LogP contribution in [0.2, 0.25) is 10.0 Å². The van der Waals surface area contributed by atoms with Crippen molar-refractivity contribution in [2.24, 2.45) is 5.16 Å². The maximum Gasteiger partial charge on any atom is 0.137 e. The van der Waals surface area contributed by atoms with Crippen molar-refractivity contribution in [2.75, 3.05) is 6.61 Å². The fraction of sp³-hybridized carbons (Fsp3) is 0.357. The molecule has 0 spiro atoms. The number of halogens is 2. The number of oxime groups is 1. The quantitative estimate of drug-likeness (QED) is 0.441. The molecule has 0 saturated heterocycles. The van der Waals surface area contributed by atoms with Gasteiger partial charge in [-0.25, -0.2) is 9.67 Å². The number of benzene rings is 1. The zero-order valence-electron chi connectivity index (χ0n) is 11.7. The average Bonchev–Trinajstić information content (AvgIpc) is 2.95. The van der Waals surface area contributed by atoms with Gasteiger partial charge in [-0.2, -0.15) is 5.10 Å². The van der Waals surface area contributed by atoms with Crippen molar-refractivity contribution < 1.29 is 4.84 Å². The largest absolute Gasteiger partial charge is 0.396 e. The molecule has 0 amide bonds. The zero-order chi connectivity index (χ0) is 15.1. The zero-order valence-corrected chi connectivity index (χ0v) is 13.2. The Morgan fingerprint density at radius 1 is 1.38 bits per heavy atom. The number of rotatable bonds is 7. The summed E-state index contributed by atoms with van der Waals surface area (Å²) in [4.78, 5) is 9.28. The number of unbranched alkanes of at least 4 members (excludes halogenated alkanes) is 1. The van der Waals surface area contributed by atoms with Crippen LogP contribution in [0.15, 0.2) is 36.0 Å². The van der Waals surface area contributed by atoms with Gasteiger partial charge in [0.1, 0.15) is 25.0 Å². The van der Waals surface area contributed by atoms with E-state index in [1.807, 2.05) is 6.07 Å². The lowest BCUT2D eigenvalue weighted by atomic mass is 10.1. The lowest BCUT2D eigenvalue weighted by Crippen LogP contribution is -2.13. The van der Waals surface area contributed by atoms with Crippen LogP contribution in [0.3, 0.4) is 0 Å². The van der Waals surface area contributed by atoms with Crippen LogP contribution < -0.4 is 0 Å². The predicted octanol–water partition coefficient (Wildman–Crippen LogP) is 3.81. The first-order chi connectivity index (χ1) is 10.2. The summed E-state index contributed by atoms with van der Waals surface area (Å²) in [6, 6.07) is 5.27. The van der Waals surface area contributed by atoms with E-state index in [0.717, 1.165) is 18.4 Å². The Balaban J connectivity index is 2.21. The van der Waals surface area contributed by atoms with E-state index in [1.54, 1.807) is 23.1 Å². The van der Waals surface area contributed by atoms with E-state index in [-0.39, 0.29) is 0 Å². The van der Waals surface area contributed by atoms with Crippen molar-refractivity contribution in [1.29, 1.82) is 0 Å². The highest BCUT2D eigenvalue weighted by atomic mass is 35.5. The van der Waals surface area contributed by atoms with E-state index in [0.29, 0.717) is 28.9 Å². The smallest absolute Gasteiger partial charge is 0.137 e. The Labute approximate surface area is 133 Å².